The summed E-state index contributed by atoms with van der Waals surface area (Å²) in [5.41, 5.74) is 4.30. The Morgan fingerprint density at radius 1 is 1.06 bits per heavy atom. The molecular weight excluding hydrogens is 626 g/mol. The monoisotopic (exact) mass is 671 g/mol. The summed E-state index contributed by atoms with van der Waals surface area (Å²) in [6.07, 6.45) is 6.95. The van der Waals surface area contributed by atoms with Crippen molar-refractivity contribution in [2.24, 2.45) is 0 Å². The number of anilines is 2. The van der Waals surface area contributed by atoms with Gasteiger partial charge in [-0.2, -0.15) is 10.2 Å². The molecule has 1 aliphatic carbocycles. The SMILES string of the molecule is CN(C)CCn1cc(-n2nc(C(C)(C)C)cc2NC(=O)NC2CCC(Oc3ccc4nnc(N(C)C)n4c3)c3ccccc32)cn1.O=CO. The maximum atomic E-state index is 13.5. The molecule has 0 saturated heterocycles. The van der Waals surface area contributed by atoms with Gasteiger partial charge in [0.25, 0.3) is 6.47 Å². The van der Waals surface area contributed by atoms with Crippen LogP contribution in [0.5, 0.6) is 5.75 Å². The Bertz CT molecular complexity index is 1890. The zero-order chi connectivity index (χ0) is 35.3. The second-order valence-corrected chi connectivity index (χ2v) is 13.4. The lowest BCUT2D eigenvalue weighted by Crippen LogP contribution is -2.36. The quantitative estimate of drug-likeness (QED) is 0.190. The van der Waals surface area contributed by atoms with E-state index in [0.29, 0.717) is 5.82 Å². The van der Waals surface area contributed by atoms with Gasteiger partial charge in [0, 0.05) is 32.1 Å². The number of carboxylic acid groups (broad SMARTS) is 1. The van der Waals surface area contributed by atoms with Gasteiger partial charge >= 0.3 is 6.03 Å². The zero-order valence-corrected chi connectivity index (χ0v) is 29.0. The third-order valence-corrected chi connectivity index (χ3v) is 8.14. The number of carbonyl (C=O) groups is 2. The Kier molecular flexibility index (Phi) is 10.5. The first-order chi connectivity index (χ1) is 23.4. The van der Waals surface area contributed by atoms with Gasteiger partial charge in [0.05, 0.1) is 36.9 Å². The summed E-state index contributed by atoms with van der Waals surface area (Å²) in [4.78, 5) is 25.9. The topological polar surface area (TPSA) is 160 Å². The maximum absolute atomic E-state index is 13.5. The van der Waals surface area contributed by atoms with Gasteiger partial charge in [0.15, 0.2) is 5.65 Å². The van der Waals surface area contributed by atoms with Crippen molar-refractivity contribution < 1.29 is 19.4 Å². The number of urea groups is 1. The van der Waals surface area contributed by atoms with Crippen molar-refractivity contribution in [3.8, 4) is 11.4 Å². The Morgan fingerprint density at radius 2 is 1.80 bits per heavy atom. The van der Waals surface area contributed by atoms with Crippen molar-refractivity contribution in [1.29, 1.82) is 0 Å². The van der Waals surface area contributed by atoms with Crippen LogP contribution >= 0.6 is 0 Å². The number of hydrogen-bond acceptors (Lipinski definition) is 9. The normalized spacial score (nSPS) is 15.7. The number of aromatic nitrogens is 7. The number of carbonyl (C=O) groups excluding carboxylic acids is 1. The van der Waals surface area contributed by atoms with Crippen LogP contribution in [0.15, 0.2) is 61.1 Å². The molecule has 1 aliphatic rings. The number of pyridine rings is 1. The molecule has 6 rings (SSSR count). The molecular formula is C34H45N11O4. The second-order valence-electron chi connectivity index (χ2n) is 13.4. The highest BCUT2D eigenvalue weighted by Gasteiger charge is 2.30. The first-order valence-electron chi connectivity index (χ1n) is 16.1. The summed E-state index contributed by atoms with van der Waals surface area (Å²) in [5.74, 6) is 2.04. The van der Waals surface area contributed by atoms with Gasteiger partial charge in [-0.25, -0.2) is 9.48 Å². The number of fused-ring (bicyclic) bond motifs is 2. The number of nitrogens with zero attached hydrogens (tertiary/aromatic N) is 9. The Labute approximate surface area is 285 Å². The predicted molar refractivity (Wildman–Crippen MR) is 187 cm³/mol. The summed E-state index contributed by atoms with van der Waals surface area (Å²) in [5, 5.41) is 31.1. The minimum absolute atomic E-state index is 0.158. The number of benzene rings is 1. The van der Waals surface area contributed by atoms with E-state index >= 15 is 0 Å². The lowest BCUT2D eigenvalue weighted by molar-refractivity contribution is -0.122. The summed E-state index contributed by atoms with van der Waals surface area (Å²) < 4.78 is 12.1. The van der Waals surface area contributed by atoms with Crippen LogP contribution in [0.3, 0.4) is 0 Å². The number of likely N-dealkylation sites (N-methyl/N-ethyl adjacent to an activating group) is 1. The fourth-order valence-electron chi connectivity index (χ4n) is 5.65. The Morgan fingerprint density at radius 3 is 2.49 bits per heavy atom. The zero-order valence-electron chi connectivity index (χ0n) is 29.0. The van der Waals surface area contributed by atoms with Gasteiger partial charge in [-0.15, -0.1) is 10.2 Å². The standard InChI is InChI=1S/C33H43N11O2.CH2O2/c1-33(2,3)28-18-30(44(39-28)22-19-34-42(20-22)17-16-40(4)5)36-31(45)35-26-13-14-27(25-11-9-8-10-24(25)26)46-23-12-15-29-37-38-32(41(6)7)43(29)21-23;2-1-3/h8-12,15,18-21,26-27H,13-14,16-17H2,1-7H3,(H2,35,36,45);1H,(H,2,3). The molecule has 5 aromatic rings. The molecule has 1 aromatic carbocycles. The third-order valence-electron chi connectivity index (χ3n) is 8.14. The molecule has 4 aromatic heterocycles. The van der Waals surface area contributed by atoms with E-state index in [9.17, 15) is 4.79 Å². The van der Waals surface area contributed by atoms with Crippen molar-refractivity contribution in [2.45, 2.75) is 57.7 Å². The Balaban J connectivity index is 0.00000151. The van der Waals surface area contributed by atoms with E-state index < -0.39 is 0 Å². The summed E-state index contributed by atoms with van der Waals surface area (Å²) >= 11 is 0. The second kappa shape index (κ2) is 14.8. The van der Waals surface area contributed by atoms with E-state index in [2.05, 4.69) is 63.7 Å². The van der Waals surface area contributed by atoms with E-state index in [-0.39, 0.29) is 30.1 Å². The summed E-state index contributed by atoms with van der Waals surface area (Å²) in [7, 11) is 7.94. The van der Waals surface area contributed by atoms with Crippen LogP contribution in [0.25, 0.3) is 11.3 Å². The maximum Gasteiger partial charge on any atom is 0.320 e. The van der Waals surface area contributed by atoms with Crippen molar-refractivity contribution >= 4 is 29.9 Å². The van der Waals surface area contributed by atoms with Crippen LogP contribution in [0, 0.1) is 0 Å². The van der Waals surface area contributed by atoms with Crippen LogP contribution in [0.1, 0.15) is 62.6 Å². The van der Waals surface area contributed by atoms with Gasteiger partial charge in [0.1, 0.15) is 23.4 Å². The lowest BCUT2D eigenvalue weighted by atomic mass is 9.85. The molecule has 0 fully saturated rings. The minimum atomic E-state index is -0.296. The van der Waals surface area contributed by atoms with Crippen molar-refractivity contribution in [3.05, 3.63) is 77.9 Å². The molecule has 4 heterocycles. The van der Waals surface area contributed by atoms with Gasteiger partial charge in [0.2, 0.25) is 5.95 Å². The number of ether oxygens (including phenoxy) is 1. The molecule has 49 heavy (non-hydrogen) atoms. The number of rotatable bonds is 9. The fourth-order valence-corrected chi connectivity index (χ4v) is 5.65. The van der Waals surface area contributed by atoms with Crippen LogP contribution in [-0.4, -0.2) is 91.4 Å². The van der Waals surface area contributed by atoms with Gasteiger partial charge in [-0.1, -0.05) is 45.0 Å². The van der Waals surface area contributed by atoms with E-state index in [1.165, 1.54) is 0 Å². The Hall–Kier alpha value is -5.44. The van der Waals surface area contributed by atoms with E-state index in [4.69, 9.17) is 19.7 Å². The van der Waals surface area contributed by atoms with Gasteiger partial charge in [-0.05, 0) is 50.2 Å². The van der Waals surface area contributed by atoms with Gasteiger partial charge < -0.3 is 25.0 Å². The van der Waals surface area contributed by atoms with E-state index in [1.54, 1.807) is 10.9 Å². The molecule has 0 aliphatic heterocycles. The highest BCUT2D eigenvalue weighted by molar-refractivity contribution is 5.89. The molecule has 0 bridgehead atoms. The molecule has 15 nitrogen and oxygen atoms in total. The molecule has 3 N–H and O–H groups in total. The average molecular weight is 672 g/mol. The first-order valence-corrected chi connectivity index (χ1v) is 16.1. The molecule has 15 heteroatoms. The molecule has 2 amide bonds. The highest BCUT2D eigenvalue weighted by atomic mass is 16.5. The molecule has 2 atom stereocenters. The number of nitrogens with one attached hydrogen (secondary N) is 2. The molecule has 0 saturated carbocycles. The summed E-state index contributed by atoms with van der Waals surface area (Å²) in [6.45, 7) is 7.68. The van der Waals surface area contributed by atoms with E-state index in [0.717, 1.165) is 65.8 Å². The van der Waals surface area contributed by atoms with Crippen LogP contribution < -0.4 is 20.3 Å². The van der Waals surface area contributed by atoms with Crippen LogP contribution in [-0.2, 0) is 16.8 Å². The largest absolute Gasteiger partial charge is 0.484 e. The molecule has 2 unspecified atom stereocenters. The third kappa shape index (κ3) is 8.17. The highest BCUT2D eigenvalue weighted by Crippen LogP contribution is 2.39. The smallest absolute Gasteiger partial charge is 0.320 e. The molecule has 260 valence electrons. The van der Waals surface area contributed by atoms with Crippen LogP contribution in [0.2, 0.25) is 0 Å². The minimum Gasteiger partial charge on any atom is -0.484 e. The number of amides is 2. The summed E-state index contributed by atoms with van der Waals surface area (Å²) in [6, 6.07) is 13.4. The first kappa shape index (κ1) is 34.9. The van der Waals surface area contributed by atoms with Crippen molar-refractivity contribution in [2.75, 3.05) is 45.0 Å². The molecule has 0 spiro atoms. The lowest BCUT2D eigenvalue weighted by Gasteiger charge is -2.32. The van der Waals surface area contributed by atoms with Crippen molar-refractivity contribution in [1.82, 2.24) is 44.4 Å². The molecule has 0 radical (unpaired) electrons. The van der Waals surface area contributed by atoms with Gasteiger partial charge in [-0.3, -0.25) is 19.2 Å². The van der Waals surface area contributed by atoms with E-state index in [1.807, 2.05) is 84.9 Å². The fraction of sp³-hybridized carbons (Fsp3) is 0.412. The predicted octanol–water partition coefficient (Wildman–Crippen LogP) is 4.51. The average Bonchev–Trinajstić information content (AvgIpc) is 3.80. The number of hydrogen-bond donors (Lipinski definition) is 3. The van der Waals surface area contributed by atoms with Crippen LogP contribution in [0.4, 0.5) is 16.6 Å². The van der Waals surface area contributed by atoms with Crippen molar-refractivity contribution in [3.63, 3.8) is 0 Å².